The number of allylic oxidation sites excluding steroid dienone is 1. The maximum absolute atomic E-state index is 9.96. The largest absolute Gasteiger partial charge is 0.389 e. The Morgan fingerprint density at radius 3 is 2.39 bits per heavy atom. The highest BCUT2D eigenvalue weighted by atomic mass is 16.3. The van der Waals surface area contributed by atoms with Crippen LogP contribution in [-0.2, 0) is 6.42 Å². The van der Waals surface area contributed by atoms with E-state index in [4.69, 9.17) is 0 Å². The summed E-state index contributed by atoms with van der Waals surface area (Å²) in [5.74, 6) is 0. The van der Waals surface area contributed by atoms with E-state index in [1.807, 2.05) is 0 Å². The summed E-state index contributed by atoms with van der Waals surface area (Å²) in [5, 5.41) is 9.96. The second-order valence-corrected chi connectivity index (χ2v) is 6.48. The van der Waals surface area contributed by atoms with Crippen LogP contribution in [-0.4, -0.2) is 11.2 Å². The number of aliphatic hydroxyl groups is 1. The number of benzene rings is 1. The summed E-state index contributed by atoms with van der Waals surface area (Å²) < 4.78 is 0. The predicted molar refractivity (Wildman–Crippen MR) is 76.7 cm³/mol. The molecule has 1 nitrogen and oxygen atoms in total. The van der Waals surface area contributed by atoms with Crippen molar-refractivity contribution >= 4 is 0 Å². The van der Waals surface area contributed by atoms with E-state index in [0.717, 1.165) is 19.3 Å². The molecule has 0 saturated heterocycles. The third-order valence-electron chi connectivity index (χ3n) is 3.94. The first-order valence-corrected chi connectivity index (χ1v) is 6.80. The highest BCUT2D eigenvalue weighted by molar-refractivity contribution is 5.37. The summed E-state index contributed by atoms with van der Waals surface area (Å²) in [6.07, 6.45) is 4.75. The summed E-state index contributed by atoms with van der Waals surface area (Å²) >= 11 is 0. The van der Waals surface area contributed by atoms with Gasteiger partial charge >= 0.3 is 0 Å². The van der Waals surface area contributed by atoms with Gasteiger partial charge in [0.25, 0.3) is 0 Å². The van der Waals surface area contributed by atoms with E-state index < -0.39 is 0 Å². The fourth-order valence-electron chi connectivity index (χ4n) is 3.12. The van der Waals surface area contributed by atoms with Crippen molar-refractivity contribution in [3.63, 3.8) is 0 Å². The maximum Gasteiger partial charge on any atom is 0.0728 e. The SMILES string of the molecule is Cc1cccc(C)c1CC1=CC(O)CC(C)(C)C1. The molecule has 98 valence electrons. The van der Waals surface area contributed by atoms with Crippen LogP contribution in [0.15, 0.2) is 29.8 Å². The zero-order valence-corrected chi connectivity index (χ0v) is 12.0. The summed E-state index contributed by atoms with van der Waals surface area (Å²) in [4.78, 5) is 0. The van der Waals surface area contributed by atoms with Crippen molar-refractivity contribution in [3.8, 4) is 0 Å². The van der Waals surface area contributed by atoms with Crippen LogP contribution in [0, 0.1) is 19.3 Å². The van der Waals surface area contributed by atoms with Gasteiger partial charge in [-0.2, -0.15) is 0 Å². The normalized spacial score (nSPS) is 22.7. The molecule has 1 aromatic rings. The van der Waals surface area contributed by atoms with Crippen LogP contribution >= 0.6 is 0 Å². The molecule has 1 atom stereocenters. The molecule has 0 aliphatic heterocycles. The zero-order chi connectivity index (χ0) is 13.3. The van der Waals surface area contributed by atoms with E-state index >= 15 is 0 Å². The topological polar surface area (TPSA) is 20.2 Å². The monoisotopic (exact) mass is 244 g/mol. The lowest BCUT2D eigenvalue weighted by molar-refractivity contribution is 0.138. The molecule has 0 radical (unpaired) electrons. The molecule has 0 fully saturated rings. The molecule has 0 heterocycles. The van der Waals surface area contributed by atoms with Crippen LogP contribution in [0.3, 0.4) is 0 Å². The standard InChI is InChI=1S/C17H24O/c1-12-6-5-7-13(2)16(12)9-14-8-15(18)11-17(3,4)10-14/h5-8,15,18H,9-11H2,1-4H3. The van der Waals surface area contributed by atoms with Gasteiger partial charge in [0.1, 0.15) is 0 Å². The van der Waals surface area contributed by atoms with E-state index in [2.05, 4.69) is 52.0 Å². The van der Waals surface area contributed by atoms with Crippen LogP contribution in [0.25, 0.3) is 0 Å². The van der Waals surface area contributed by atoms with Gasteiger partial charge in [-0.25, -0.2) is 0 Å². The van der Waals surface area contributed by atoms with Gasteiger partial charge in [-0.05, 0) is 55.2 Å². The molecular formula is C17H24O. The number of aliphatic hydroxyl groups excluding tert-OH is 1. The molecule has 0 aromatic heterocycles. The molecule has 1 heteroatoms. The quantitative estimate of drug-likeness (QED) is 0.781. The van der Waals surface area contributed by atoms with Crippen molar-refractivity contribution < 1.29 is 5.11 Å². The lowest BCUT2D eigenvalue weighted by Crippen LogP contribution is -2.25. The van der Waals surface area contributed by atoms with E-state index in [1.165, 1.54) is 22.3 Å². The van der Waals surface area contributed by atoms with Crippen LogP contribution < -0.4 is 0 Å². The second kappa shape index (κ2) is 4.89. The van der Waals surface area contributed by atoms with E-state index in [1.54, 1.807) is 0 Å². The van der Waals surface area contributed by atoms with Gasteiger partial charge in [-0.1, -0.05) is 43.7 Å². The van der Waals surface area contributed by atoms with E-state index in [9.17, 15) is 5.11 Å². The van der Waals surface area contributed by atoms with Crippen molar-refractivity contribution in [3.05, 3.63) is 46.5 Å². The van der Waals surface area contributed by atoms with Crippen molar-refractivity contribution in [1.82, 2.24) is 0 Å². The Hall–Kier alpha value is -1.08. The van der Waals surface area contributed by atoms with Crippen molar-refractivity contribution in [2.75, 3.05) is 0 Å². The predicted octanol–water partition coefficient (Wildman–Crippen LogP) is 3.95. The molecule has 1 N–H and O–H groups in total. The van der Waals surface area contributed by atoms with Crippen LogP contribution in [0.2, 0.25) is 0 Å². The minimum absolute atomic E-state index is 0.222. The first-order valence-electron chi connectivity index (χ1n) is 6.80. The number of hydrogen-bond donors (Lipinski definition) is 1. The fraction of sp³-hybridized carbons (Fsp3) is 0.529. The zero-order valence-electron chi connectivity index (χ0n) is 12.0. The lowest BCUT2D eigenvalue weighted by Gasteiger charge is -2.33. The van der Waals surface area contributed by atoms with Crippen molar-refractivity contribution in [2.45, 2.75) is 53.1 Å². The maximum atomic E-state index is 9.96. The number of aryl methyl sites for hydroxylation is 2. The van der Waals surface area contributed by atoms with Crippen LogP contribution in [0.1, 0.15) is 43.4 Å². The fourth-order valence-corrected chi connectivity index (χ4v) is 3.12. The average Bonchev–Trinajstić information content (AvgIpc) is 2.21. The molecule has 18 heavy (non-hydrogen) atoms. The minimum atomic E-state index is -0.270. The Labute approximate surface area is 111 Å². The molecule has 0 amide bonds. The summed E-state index contributed by atoms with van der Waals surface area (Å²) in [6.45, 7) is 8.84. The first-order chi connectivity index (χ1) is 8.37. The third-order valence-corrected chi connectivity index (χ3v) is 3.94. The molecule has 1 unspecified atom stereocenters. The first kappa shape index (κ1) is 13.4. The van der Waals surface area contributed by atoms with Gasteiger partial charge < -0.3 is 5.11 Å². The van der Waals surface area contributed by atoms with E-state index in [0.29, 0.717) is 0 Å². The summed E-state index contributed by atoms with van der Waals surface area (Å²) in [7, 11) is 0. The van der Waals surface area contributed by atoms with Crippen molar-refractivity contribution in [2.24, 2.45) is 5.41 Å². The van der Waals surface area contributed by atoms with Crippen LogP contribution in [0.5, 0.6) is 0 Å². The van der Waals surface area contributed by atoms with Gasteiger partial charge in [0, 0.05) is 0 Å². The number of hydrogen-bond acceptors (Lipinski definition) is 1. The van der Waals surface area contributed by atoms with E-state index in [-0.39, 0.29) is 11.5 Å². The summed E-state index contributed by atoms with van der Waals surface area (Å²) in [6, 6.07) is 6.46. The van der Waals surface area contributed by atoms with Crippen LogP contribution in [0.4, 0.5) is 0 Å². The minimum Gasteiger partial charge on any atom is -0.389 e. The Bertz CT molecular complexity index is 448. The molecular weight excluding hydrogens is 220 g/mol. The Morgan fingerprint density at radius 1 is 1.22 bits per heavy atom. The molecule has 1 aliphatic carbocycles. The Kier molecular flexibility index (Phi) is 3.63. The second-order valence-electron chi connectivity index (χ2n) is 6.48. The Balaban J connectivity index is 2.24. The van der Waals surface area contributed by atoms with Gasteiger partial charge in [0.15, 0.2) is 0 Å². The van der Waals surface area contributed by atoms with Gasteiger partial charge in [-0.15, -0.1) is 0 Å². The number of rotatable bonds is 2. The highest BCUT2D eigenvalue weighted by Gasteiger charge is 2.27. The molecule has 2 rings (SSSR count). The molecule has 0 spiro atoms. The van der Waals surface area contributed by atoms with Gasteiger partial charge in [0.2, 0.25) is 0 Å². The highest BCUT2D eigenvalue weighted by Crippen LogP contribution is 2.37. The molecule has 1 aliphatic rings. The van der Waals surface area contributed by atoms with Crippen molar-refractivity contribution in [1.29, 1.82) is 0 Å². The van der Waals surface area contributed by atoms with Gasteiger partial charge in [0.05, 0.1) is 6.10 Å². The lowest BCUT2D eigenvalue weighted by atomic mass is 9.74. The molecule has 0 bridgehead atoms. The molecule has 1 aromatic carbocycles. The smallest absolute Gasteiger partial charge is 0.0728 e. The average molecular weight is 244 g/mol. The summed E-state index contributed by atoms with van der Waals surface area (Å²) in [5.41, 5.74) is 5.74. The Morgan fingerprint density at radius 2 is 1.83 bits per heavy atom. The van der Waals surface area contributed by atoms with Gasteiger partial charge in [-0.3, -0.25) is 0 Å². The molecule has 0 saturated carbocycles. The third kappa shape index (κ3) is 3.02.